The summed E-state index contributed by atoms with van der Waals surface area (Å²) in [6, 6.07) is 9.53. The quantitative estimate of drug-likeness (QED) is 0.816. The first kappa shape index (κ1) is 14.6. The van der Waals surface area contributed by atoms with Crippen LogP contribution < -0.4 is 4.72 Å². The van der Waals surface area contributed by atoms with E-state index in [-0.39, 0.29) is 0 Å². The average Bonchev–Trinajstić information content (AvgIpc) is 2.28. The smallest absolute Gasteiger partial charge is 0.208 e. The van der Waals surface area contributed by atoms with Crippen LogP contribution in [0.3, 0.4) is 0 Å². The van der Waals surface area contributed by atoms with Crippen LogP contribution in [0.15, 0.2) is 24.3 Å². The highest BCUT2D eigenvalue weighted by atomic mass is 32.2. The summed E-state index contributed by atoms with van der Waals surface area (Å²) >= 11 is 0. The molecule has 0 aliphatic heterocycles. The highest BCUT2D eigenvalue weighted by Gasteiger charge is 2.06. The van der Waals surface area contributed by atoms with Gasteiger partial charge in [-0.25, -0.2) is 13.1 Å². The van der Waals surface area contributed by atoms with Crippen molar-refractivity contribution in [3.8, 4) is 6.07 Å². The van der Waals surface area contributed by atoms with Crippen molar-refractivity contribution < 1.29 is 8.42 Å². The first-order valence-corrected chi connectivity index (χ1v) is 7.42. The van der Waals surface area contributed by atoms with E-state index in [1.807, 2.05) is 30.1 Å². The van der Waals surface area contributed by atoms with Gasteiger partial charge in [0.25, 0.3) is 0 Å². The minimum absolute atomic E-state index is 0.365. The van der Waals surface area contributed by atoms with Crippen LogP contribution >= 0.6 is 0 Å². The third kappa shape index (κ3) is 5.27. The third-order valence-electron chi connectivity index (χ3n) is 2.44. The van der Waals surface area contributed by atoms with E-state index in [0.717, 1.165) is 11.8 Å². The molecule has 0 aliphatic carbocycles. The van der Waals surface area contributed by atoms with Gasteiger partial charge in [-0.15, -0.1) is 0 Å². The van der Waals surface area contributed by atoms with E-state index in [2.05, 4.69) is 10.8 Å². The first-order chi connectivity index (χ1) is 8.42. The van der Waals surface area contributed by atoms with Gasteiger partial charge in [-0.1, -0.05) is 18.2 Å². The van der Waals surface area contributed by atoms with Crippen molar-refractivity contribution in [3.05, 3.63) is 35.4 Å². The van der Waals surface area contributed by atoms with E-state index in [0.29, 0.717) is 25.2 Å². The second-order valence-corrected chi connectivity index (χ2v) is 6.01. The number of sulfonamides is 1. The number of nitriles is 1. The monoisotopic (exact) mass is 267 g/mol. The Hall–Kier alpha value is -1.42. The molecule has 0 amide bonds. The lowest BCUT2D eigenvalue weighted by atomic mass is 10.1. The number of nitrogens with zero attached hydrogens (tertiary/aromatic N) is 2. The van der Waals surface area contributed by atoms with Crippen molar-refractivity contribution in [1.82, 2.24) is 9.62 Å². The van der Waals surface area contributed by atoms with Gasteiger partial charge in [0, 0.05) is 19.6 Å². The minimum atomic E-state index is -3.13. The summed E-state index contributed by atoms with van der Waals surface area (Å²) in [5, 5.41) is 8.95. The van der Waals surface area contributed by atoms with Gasteiger partial charge < -0.3 is 4.90 Å². The zero-order valence-electron chi connectivity index (χ0n) is 10.5. The van der Waals surface area contributed by atoms with Crippen LogP contribution in [-0.2, 0) is 16.6 Å². The van der Waals surface area contributed by atoms with E-state index in [4.69, 9.17) is 5.26 Å². The highest BCUT2D eigenvalue weighted by Crippen LogP contribution is 2.09. The summed E-state index contributed by atoms with van der Waals surface area (Å²) in [6.45, 7) is 1.58. The standard InChI is InChI=1S/C12H17N3O2S/c1-15(8-7-14-18(2,16)17)10-12-6-4-3-5-11(12)9-13/h3-6,14H,7-8,10H2,1-2H3. The zero-order chi connectivity index (χ0) is 13.6. The average molecular weight is 267 g/mol. The van der Waals surface area contributed by atoms with Crippen LogP contribution in [0.1, 0.15) is 11.1 Å². The van der Waals surface area contributed by atoms with Gasteiger partial charge in [-0.3, -0.25) is 0 Å². The molecule has 0 heterocycles. The summed E-state index contributed by atoms with van der Waals surface area (Å²) < 4.78 is 24.2. The van der Waals surface area contributed by atoms with Gasteiger partial charge in [0.2, 0.25) is 10.0 Å². The molecule has 1 N–H and O–H groups in total. The zero-order valence-corrected chi connectivity index (χ0v) is 11.4. The molecule has 0 fully saturated rings. The molecule has 1 aromatic rings. The molecule has 0 saturated carbocycles. The largest absolute Gasteiger partial charge is 0.301 e. The van der Waals surface area contributed by atoms with Crippen LogP contribution in [0.5, 0.6) is 0 Å². The predicted molar refractivity (Wildman–Crippen MR) is 70.3 cm³/mol. The second kappa shape index (κ2) is 6.50. The Morgan fingerprint density at radius 3 is 2.67 bits per heavy atom. The van der Waals surface area contributed by atoms with Crippen LogP contribution in [-0.4, -0.2) is 39.7 Å². The Balaban J connectivity index is 2.50. The van der Waals surface area contributed by atoms with Crippen molar-refractivity contribution in [1.29, 1.82) is 5.26 Å². The predicted octanol–water partition coefficient (Wildman–Crippen LogP) is 0.539. The van der Waals surface area contributed by atoms with E-state index in [1.54, 1.807) is 6.07 Å². The Kier molecular flexibility index (Phi) is 5.28. The third-order valence-corrected chi connectivity index (χ3v) is 3.16. The van der Waals surface area contributed by atoms with E-state index >= 15 is 0 Å². The maximum Gasteiger partial charge on any atom is 0.208 e. The number of hydrogen-bond donors (Lipinski definition) is 1. The maximum atomic E-state index is 10.9. The Labute approximate surface area is 108 Å². The highest BCUT2D eigenvalue weighted by molar-refractivity contribution is 7.88. The molecule has 98 valence electrons. The summed E-state index contributed by atoms with van der Waals surface area (Å²) in [5.41, 5.74) is 1.60. The molecule has 6 heteroatoms. The normalized spacial score (nSPS) is 11.4. The Bertz CT molecular complexity index is 534. The van der Waals surface area contributed by atoms with Gasteiger partial charge in [-0.2, -0.15) is 5.26 Å². The van der Waals surface area contributed by atoms with Crippen molar-refractivity contribution in [3.63, 3.8) is 0 Å². The number of rotatable bonds is 6. The first-order valence-electron chi connectivity index (χ1n) is 5.53. The molecule has 0 saturated heterocycles. The van der Waals surface area contributed by atoms with Gasteiger partial charge in [0.1, 0.15) is 0 Å². The van der Waals surface area contributed by atoms with Gasteiger partial charge >= 0.3 is 0 Å². The van der Waals surface area contributed by atoms with Gasteiger partial charge in [0.15, 0.2) is 0 Å². The van der Waals surface area contributed by atoms with E-state index in [1.165, 1.54) is 0 Å². The summed E-state index contributed by atoms with van der Waals surface area (Å²) in [5.74, 6) is 0. The van der Waals surface area contributed by atoms with Crippen molar-refractivity contribution in [2.45, 2.75) is 6.54 Å². The molecule has 0 bridgehead atoms. The van der Waals surface area contributed by atoms with Crippen molar-refractivity contribution >= 4 is 10.0 Å². The Morgan fingerprint density at radius 2 is 2.06 bits per heavy atom. The van der Waals surface area contributed by atoms with Gasteiger partial charge in [-0.05, 0) is 18.7 Å². The summed E-state index contributed by atoms with van der Waals surface area (Å²) in [4.78, 5) is 1.97. The number of benzene rings is 1. The minimum Gasteiger partial charge on any atom is -0.301 e. The van der Waals surface area contributed by atoms with Crippen LogP contribution in [0.4, 0.5) is 0 Å². The molecule has 18 heavy (non-hydrogen) atoms. The summed E-state index contributed by atoms with van der Waals surface area (Å²) in [6.07, 6.45) is 1.14. The lowest BCUT2D eigenvalue weighted by Crippen LogP contribution is -2.32. The van der Waals surface area contributed by atoms with Crippen LogP contribution in [0, 0.1) is 11.3 Å². The fraction of sp³-hybridized carbons (Fsp3) is 0.417. The lowest BCUT2D eigenvalue weighted by molar-refractivity contribution is 0.332. The lowest BCUT2D eigenvalue weighted by Gasteiger charge is -2.17. The molecule has 0 atom stereocenters. The number of likely N-dealkylation sites (N-methyl/N-ethyl adjacent to an activating group) is 1. The SMILES string of the molecule is CN(CCNS(C)(=O)=O)Cc1ccccc1C#N. The topological polar surface area (TPSA) is 73.2 Å². The molecule has 0 aliphatic rings. The van der Waals surface area contributed by atoms with Crippen LogP contribution in [0.25, 0.3) is 0 Å². The fourth-order valence-electron chi connectivity index (χ4n) is 1.56. The molecule has 0 radical (unpaired) electrons. The molecule has 1 aromatic carbocycles. The maximum absolute atomic E-state index is 10.9. The Morgan fingerprint density at radius 1 is 1.39 bits per heavy atom. The number of hydrogen-bond acceptors (Lipinski definition) is 4. The number of nitrogens with one attached hydrogen (secondary N) is 1. The molecule has 5 nitrogen and oxygen atoms in total. The van der Waals surface area contributed by atoms with Crippen molar-refractivity contribution in [2.24, 2.45) is 0 Å². The molecular weight excluding hydrogens is 250 g/mol. The molecule has 0 aromatic heterocycles. The van der Waals surface area contributed by atoms with Crippen LogP contribution in [0.2, 0.25) is 0 Å². The van der Waals surface area contributed by atoms with E-state index in [9.17, 15) is 8.42 Å². The molecular formula is C12H17N3O2S. The van der Waals surface area contributed by atoms with Gasteiger partial charge in [0.05, 0.1) is 17.9 Å². The van der Waals surface area contributed by atoms with E-state index < -0.39 is 10.0 Å². The van der Waals surface area contributed by atoms with Crippen molar-refractivity contribution in [2.75, 3.05) is 26.4 Å². The molecule has 0 spiro atoms. The fourth-order valence-corrected chi connectivity index (χ4v) is 2.02. The second-order valence-electron chi connectivity index (χ2n) is 4.17. The molecule has 1 rings (SSSR count). The summed E-state index contributed by atoms with van der Waals surface area (Å²) in [7, 11) is -1.25. The molecule has 0 unspecified atom stereocenters.